The van der Waals surface area contributed by atoms with E-state index in [4.69, 9.17) is 23.2 Å². The van der Waals surface area contributed by atoms with Crippen LogP contribution >= 0.6 is 34.5 Å². The van der Waals surface area contributed by atoms with Crippen molar-refractivity contribution in [3.8, 4) is 0 Å². The Morgan fingerprint density at radius 1 is 1.35 bits per heavy atom. The molecule has 1 aromatic carbocycles. The largest absolute Gasteiger partial charge is 0.320 e. The van der Waals surface area contributed by atoms with Crippen LogP contribution in [0.5, 0.6) is 0 Å². The number of rotatable bonds is 2. The Labute approximate surface area is 145 Å². The number of hydrogen-bond acceptors (Lipinski definition) is 4. The molecule has 118 valence electrons. The number of benzene rings is 1. The van der Waals surface area contributed by atoms with E-state index in [2.05, 4.69) is 10.3 Å². The number of carbonyl (C=O) groups excluding carboxylic acids is 1. The molecule has 8 heteroatoms. The molecule has 0 aliphatic carbocycles. The Bertz CT molecular complexity index is 994. The van der Waals surface area contributed by atoms with Crippen LogP contribution in [0.2, 0.25) is 10.0 Å². The van der Waals surface area contributed by atoms with E-state index in [-0.39, 0.29) is 11.5 Å². The summed E-state index contributed by atoms with van der Waals surface area (Å²) in [6.07, 6.45) is 1.44. The van der Waals surface area contributed by atoms with E-state index < -0.39 is 0 Å². The molecule has 0 atom stereocenters. The lowest BCUT2D eigenvalue weighted by Crippen LogP contribution is -2.17. The van der Waals surface area contributed by atoms with Gasteiger partial charge in [0, 0.05) is 12.1 Å². The van der Waals surface area contributed by atoms with Gasteiger partial charge in [0.15, 0.2) is 0 Å². The first kappa shape index (κ1) is 16.0. The van der Waals surface area contributed by atoms with Gasteiger partial charge in [-0.3, -0.25) is 9.59 Å². The second-order valence-corrected chi connectivity index (χ2v) is 6.82. The fourth-order valence-corrected chi connectivity index (χ4v) is 3.69. The maximum Gasteiger partial charge on any atom is 0.266 e. The van der Waals surface area contributed by atoms with Crippen molar-refractivity contribution in [2.45, 2.75) is 6.92 Å². The predicted octanol–water partition coefficient (Wildman–Crippen LogP) is 3.86. The van der Waals surface area contributed by atoms with Gasteiger partial charge in [-0.25, -0.2) is 4.98 Å². The van der Waals surface area contributed by atoms with Crippen molar-refractivity contribution < 1.29 is 4.79 Å². The molecule has 0 aliphatic rings. The zero-order valence-electron chi connectivity index (χ0n) is 12.2. The van der Waals surface area contributed by atoms with Gasteiger partial charge >= 0.3 is 0 Å². The Balaban J connectivity index is 2.03. The van der Waals surface area contributed by atoms with E-state index in [0.29, 0.717) is 36.4 Å². The van der Waals surface area contributed by atoms with Crippen LogP contribution in [0.15, 0.2) is 29.3 Å². The highest BCUT2D eigenvalue weighted by Crippen LogP contribution is 2.30. The minimum Gasteiger partial charge on any atom is -0.320 e. The summed E-state index contributed by atoms with van der Waals surface area (Å²) < 4.78 is 1.39. The van der Waals surface area contributed by atoms with Gasteiger partial charge < -0.3 is 9.88 Å². The number of thiophene rings is 1. The highest BCUT2D eigenvalue weighted by Gasteiger charge is 2.19. The highest BCUT2D eigenvalue weighted by atomic mass is 35.5. The molecule has 23 heavy (non-hydrogen) atoms. The summed E-state index contributed by atoms with van der Waals surface area (Å²) in [6.45, 7) is 1.74. The summed E-state index contributed by atoms with van der Waals surface area (Å²) in [5, 5.41) is 4.03. The van der Waals surface area contributed by atoms with Crippen LogP contribution < -0.4 is 10.9 Å². The van der Waals surface area contributed by atoms with E-state index in [1.807, 2.05) is 0 Å². The van der Waals surface area contributed by atoms with Gasteiger partial charge in [0.05, 0.1) is 27.3 Å². The molecule has 5 nitrogen and oxygen atoms in total. The zero-order valence-corrected chi connectivity index (χ0v) is 14.5. The van der Waals surface area contributed by atoms with Gasteiger partial charge in [-0.05, 0) is 30.7 Å². The number of nitrogens with one attached hydrogen (secondary N) is 1. The van der Waals surface area contributed by atoms with Crippen molar-refractivity contribution in [1.29, 1.82) is 0 Å². The van der Waals surface area contributed by atoms with Gasteiger partial charge in [-0.15, -0.1) is 11.3 Å². The van der Waals surface area contributed by atoms with Crippen molar-refractivity contribution >= 4 is 56.3 Å². The lowest BCUT2D eigenvalue weighted by molar-refractivity contribution is 0.103. The molecule has 0 bridgehead atoms. The SMILES string of the molecule is Cc1c(C(=O)Nc2ccc(Cl)cc2Cl)sc2ncn(C)c(=O)c12. The Morgan fingerprint density at radius 2 is 2.09 bits per heavy atom. The zero-order chi connectivity index (χ0) is 16.7. The average molecular weight is 368 g/mol. The van der Waals surface area contributed by atoms with E-state index in [9.17, 15) is 9.59 Å². The third-order valence-electron chi connectivity index (χ3n) is 3.40. The maximum atomic E-state index is 12.5. The van der Waals surface area contributed by atoms with Gasteiger partial charge in [0.25, 0.3) is 11.5 Å². The number of aromatic nitrogens is 2. The smallest absolute Gasteiger partial charge is 0.266 e. The molecule has 0 spiro atoms. The lowest BCUT2D eigenvalue weighted by atomic mass is 10.2. The van der Waals surface area contributed by atoms with Crippen LogP contribution in [0.1, 0.15) is 15.2 Å². The van der Waals surface area contributed by atoms with Crippen LogP contribution in [0.3, 0.4) is 0 Å². The molecule has 3 rings (SSSR count). The van der Waals surface area contributed by atoms with Gasteiger partial charge in [-0.2, -0.15) is 0 Å². The number of anilines is 1. The lowest BCUT2D eigenvalue weighted by Gasteiger charge is -2.06. The third kappa shape index (κ3) is 2.85. The van der Waals surface area contributed by atoms with Crippen molar-refractivity contribution in [3.05, 3.63) is 55.4 Å². The number of aryl methyl sites for hydroxylation is 2. The number of nitrogens with zero attached hydrogens (tertiary/aromatic N) is 2. The fourth-order valence-electron chi connectivity index (χ4n) is 2.20. The molecule has 2 heterocycles. The quantitative estimate of drug-likeness (QED) is 0.747. The number of carbonyl (C=O) groups is 1. The number of halogens is 2. The van der Waals surface area contributed by atoms with Crippen LogP contribution in [0.4, 0.5) is 5.69 Å². The van der Waals surface area contributed by atoms with Gasteiger partial charge in [0.2, 0.25) is 0 Å². The first-order valence-electron chi connectivity index (χ1n) is 6.59. The highest BCUT2D eigenvalue weighted by molar-refractivity contribution is 7.20. The number of fused-ring (bicyclic) bond motifs is 1. The summed E-state index contributed by atoms with van der Waals surface area (Å²) in [4.78, 5) is 29.9. The van der Waals surface area contributed by atoms with Crippen molar-refractivity contribution in [1.82, 2.24) is 9.55 Å². The summed E-state index contributed by atoms with van der Waals surface area (Å²) in [6, 6.07) is 4.81. The molecule has 1 N–H and O–H groups in total. The summed E-state index contributed by atoms with van der Waals surface area (Å²) >= 11 is 13.1. The molecular formula is C15H11Cl2N3O2S. The predicted molar refractivity (Wildman–Crippen MR) is 94.0 cm³/mol. The Hall–Kier alpha value is -1.89. The maximum absolute atomic E-state index is 12.5. The van der Waals surface area contributed by atoms with Crippen LogP contribution in [-0.2, 0) is 7.05 Å². The monoisotopic (exact) mass is 367 g/mol. The first-order chi connectivity index (χ1) is 10.9. The van der Waals surface area contributed by atoms with Crippen molar-refractivity contribution in [2.75, 3.05) is 5.32 Å². The Morgan fingerprint density at radius 3 is 2.78 bits per heavy atom. The van der Waals surface area contributed by atoms with Crippen molar-refractivity contribution in [3.63, 3.8) is 0 Å². The first-order valence-corrected chi connectivity index (χ1v) is 8.17. The standard InChI is InChI=1S/C15H11Cl2N3O2S/c1-7-11-14(18-6-20(2)15(11)22)23-12(7)13(21)19-10-4-3-8(16)5-9(10)17/h3-6H,1-2H3,(H,19,21). The molecule has 0 unspecified atom stereocenters. The molecule has 1 amide bonds. The third-order valence-corrected chi connectivity index (χ3v) is 5.14. The van der Waals surface area contributed by atoms with E-state index in [1.54, 1.807) is 32.2 Å². The fraction of sp³-hybridized carbons (Fsp3) is 0.133. The second kappa shape index (κ2) is 5.96. The van der Waals surface area contributed by atoms with Crippen LogP contribution in [-0.4, -0.2) is 15.5 Å². The average Bonchev–Trinajstić information content (AvgIpc) is 2.84. The normalized spacial score (nSPS) is 11.0. The van der Waals surface area contributed by atoms with Crippen LogP contribution in [0.25, 0.3) is 10.2 Å². The molecule has 0 saturated carbocycles. The van der Waals surface area contributed by atoms with Gasteiger partial charge in [0.1, 0.15) is 4.83 Å². The van der Waals surface area contributed by atoms with E-state index in [1.165, 1.54) is 22.2 Å². The molecule has 0 aliphatic heterocycles. The summed E-state index contributed by atoms with van der Waals surface area (Å²) in [5.41, 5.74) is 0.896. The number of amides is 1. The van der Waals surface area contributed by atoms with E-state index >= 15 is 0 Å². The molecular weight excluding hydrogens is 357 g/mol. The molecule has 2 aromatic heterocycles. The van der Waals surface area contributed by atoms with Crippen LogP contribution in [0, 0.1) is 6.92 Å². The minimum absolute atomic E-state index is 0.174. The molecule has 3 aromatic rings. The number of hydrogen-bond donors (Lipinski definition) is 1. The Kier molecular flexibility index (Phi) is 4.14. The summed E-state index contributed by atoms with van der Waals surface area (Å²) in [7, 11) is 1.62. The minimum atomic E-state index is -0.336. The molecule has 0 radical (unpaired) electrons. The van der Waals surface area contributed by atoms with Gasteiger partial charge in [-0.1, -0.05) is 23.2 Å². The topological polar surface area (TPSA) is 64.0 Å². The van der Waals surface area contributed by atoms with Crippen molar-refractivity contribution in [2.24, 2.45) is 7.05 Å². The summed E-state index contributed by atoms with van der Waals surface area (Å²) in [5.74, 6) is -0.336. The molecule has 0 fully saturated rings. The second-order valence-electron chi connectivity index (χ2n) is 4.98. The molecule has 0 saturated heterocycles. The van der Waals surface area contributed by atoms with E-state index in [0.717, 1.165) is 0 Å².